The van der Waals surface area contributed by atoms with Gasteiger partial charge in [0.25, 0.3) is 0 Å². The number of hydrogen-bond donors (Lipinski definition) is 1. The van der Waals surface area contributed by atoms with Crippen molar-refractivity contribution >= 4 is 22.6 Å². The van der Waals surface area contributed by atoms with Crippen LogP contribution in [0, 0.1) is 0 Å². The number of ether oxygens (including phenoxy) is 1. The lowest BCUT2D eigenvalue weighted by atomic mass is 10.1. The highest BCUT2D eigenvalue weighted by Crippen LogP contribution is 2.28. The molecule has 0 aliphatic heterocycles. The van der Waals surface area contributed by atoms with Gasteiger partial charge < -0.3 is 4.74 Å². The van der Waals surface area contributed by atoms with Crippen LogP contribution in [0.3, 0.4) is 0 Å². The summed E-state index contributed by atoms with van der Waals surface area (Å²) in [5.74, 6) is 0.186. The molecule has 5 nitrogen and oxygen atoms in total. The van der Waals surface area contributed by atoms with Crippen LogP contribution in [-0.2, 0) is 15.7 Å². The van der Waals surface area contributed by atoms with E-state index < -0.39 is 21.8 Å². The molecular weight excluding hydrogens is 336 g/mol. The summed E-state index contributed by atoms with van der Waals surface area (Å²) in [5, 5.41) is 11.9. The summed E-state index contributed by atoms with van der Waals surface area (Å²) in [7, 11) is -0.0436. The Morgan fingerprint density at radius 3 is 2.08 bits per heavy atom. The molecule has 0 saturated heterocycles. The highest BCUT2D eigenvalue weighted by Gasteiger charge is 2.29. The van der Waals surface area contributed by atoms with Crippen molar-refractivity contribution in [2.75, 3.05) is 12.2 Å². The minimum atomic E-state index is -1.51. The van der Waals surface area contributed by atoms with E-state index in [9.17, 15) is 9.42 Å². The van der Waals surface area contributed by atoms with Crippen molar-refractivity contribution in [3.8, 4) is 0 Å². The third-order valence-corrected chi connectivity index (χ3v) is 4.91. The molecule has 0 amide bonds. The van der Waals surface area contributed by atoms with Crippen molar-refractivity contribution in [3.63, 3.8) is 0 Å². The third kappa shape index (κ3) is 4.90. The second-order valence-electron chi connectivity index (χ2n) is 6.49. The first-order valence-corrected chi connectivity index (χ1v) is 9.08. The molecule has 0 radical (unpaired) electrons. The molecule has 2 aromatic rings. The lowest BCUT2D eigenvalue weighted by Gasteiger charge is -2.28. The summed E-state index contributed by atoms with van der Waals surface area (Å²) in [5.41, 5.74) is 1.36. The number of nitrogens with zero attached hydrogens (tertiary/aromatic N) is 2. The van der Waals surface area contributed by atoms with Crippen LogP contribution >= 0.6 is 0 Å². The normalized spacial score (nSPS) is 14.7. The quantitative estimate of drug-likeness (QED) is 0.495. The maximum atomic E-state index is 12.5. The average Bonchev–Trinajstić information content (AvgIpc) is 2.61. The van der Waals surface area contributed by atoms with E-state index >= 15 is 0 Å². The molecule has 0 aliphatic carbocycles. The number of hydrogen-bond acceptors (Lipinski definition) is 4. The topological polar surface area (TPSA) is 62.1 Å². The summed E-state index contributed by atoms with van der Waals surface area (Å²) in [4.78, 5) is 0. The molecule has 1 unspecified atom stereocenters. The van der Waals surface area contributed by atoms with E-state index in [-0.39, 0.29) is 5.90 Å². The second-order valence-corrected chi connectivity index (χ2v) is 8.39. The molecule has 134 valence electrons. The molecule has 0 bridgehead atoms. The van der Waals surface area contributed by atoms with Crippen LogP contribution in [0.15, 0.2) is 65.1 Å². The molecule has 2 aromatic carbocycles. The van der Waals surface area contributed by atoms with Crippen molar-refractivity contribution < 1.29 is 14.2 Å². The Balaban J connectivity index is 2.51. The van der Waals surface area contributed by atoms with Crippen LogP contribution in [0.25, 0.3) is 0 Å². The van der Waals surface area contributed by atoms with Crippen molar-refractivity contribution in [2.24, 2.45) is 4.40 Å². The maximum absolute atomic E-state index is 12.5. The predicted molar refractivity (Wildman–Crippen MR) is 102 cm³/mol. The van der Waals surface area contributed by atoms with E-state index in [1.165, 1.54) is 7.11 Å². The van der Waals surface area contributed by atoms with Gasteiger partial charge in [-0.1, -0.05) is 48.5 Å². The first-order chi connectivity index (χ1) is 11.8. The fourth-order valence-electron chi connectivity index (χ4n) is 2.17. The van der Waals surface area contributed by atoms with Crippen LogP contribution in [0.2, 0.25) is 0 Å². The third-order valence-electron chi connectivity index (χ3n) is 3.52. The minimum Gasteiger partial charge on any atom is -0.482 e. The van der Waals surface area contributed by atoms with Gasteiger partial charge in [0.05, 0.1) is 17.5 Å². The maximum Gasteiger partial charge on any atom is 0.227 e. The van der Waals surface area contributed by atoms with Crippen molar-refractivity contribution in [1.29, 1.82) is 0 Å². The molecular formula is C19H24N2O3S. The minimum absolute atomic E-state index is 0.186. The Bertz CT molecular complexity index is 727. The Labute approximate surface area is 151 Å². The Kier molecular flexibility index (Phi) is 6.33. The van der Waals surface area contributed by atoms with Crippen LogP contribution in [0.4, 0.5) is 5.69 Å². The Morgan fingerprint density at radius 2 is 1.60 bits per heavy atom. The number of benzene rings is 2. The van der Waals surface area contributed by atoms with E-state index in [1.807, 2.05) is 69.3 Å². The molecule has 2 rings (SSSR count). The molecule has 0 aliphatic rings. The monoisotopic (exact) mass is 360 g/mol. The summed E-state index contributed by atoms with van der Waals surface area (Å²) in [6.45, 7) is 5.52. The number of rotatable bonds is 5. The van der Waals surface area contributed by atoms with E-state index in [4.69, 9.17) is 4.74 Å². The van der Waals surface area contributed by atoms with Crippen molar-refractivity contribution in [3.05, 3.63) is 66.2 Å². The lowest BCUT2D eigenvalue weighted by Crippen LogP contribution is -2.33. The molecule has 2 atom stereocenters. The van der Waals surface area contributed by atoms with E-state index in [0.717, 1.165) is 10.6 Å². The van der Waals surface area contributed by atoms with E-state index in [1.54, 1.807) is 12.1 Å². The van der Waals surface area contributed by atoms with Gasteiger partial charge >= 0.3 is 0 Å². The summed E-state index contributed by atoms with van der Waals surface area (Å²) in [6, 6.07) is 17.8. The zero-order valence-corrected chi connectivity index (χ0v) is 15.7. The highest BCUT2D eigenvalue weighted by atomic mass is 32.2. The predicted octanol–water partition coefficient (Wildman–Crippen LogP) is 4.13. The largest absolute Gasteiger partial charge is 0.482 e. The smallest absolute Gasteiger partial charge is 0.227 e. The van der Waals surface area contributed by atoms with Crippen LogP contribution in [0.1, 0.15) is 32.4 Å². The Morgan fingerprint density at radius 1 is 1.08 bits per heavy atom. The first kappa shape index (κ1) is 19.1. The van der Waals surface area contributed by atoms with E-state index in [2.05, 4.69) is 4.40 Å². The number of para-hydroxylation sites is 1. The molecule has 25 heavy (non-hydrogen) atoms. The van der Waals surface area contributed by atoms with Gasteiger partial charge in [0, 0.05) is 0 Å². The van der Waals surface area contributed by atoms with Gasteiger partial charge in [0.1, 0.15) is 11.0 Å². The average molecular weight is 360 g/mol. The molecule has 0 heterocycles. The van der Waals surface area contributed by atoms with Gasteiger partial charge in [0.15, 0.2) is 6.04 Å². The molecule has 0 aromatic heterocycles. The Hall–Kier alpha value is -2.18. The molecule has 1 N–H and O–H groups in total. The van der Waals surface area contributed by atoms with Crippen molar-refractivity contribution in [2.45, 2.75) is 31.6 Å². The SMILES string of the molecule is CO/C(=N\S(=O)C(C)(C)C)[C@H](c1ccccc1)N(O)c1ccccc1. The zero-order chi connectivity index (χ0) is 18.4. The van der Waals surface area contributed by atoms with E-state index in [0.29, 0.717) is 5.69 Å². The molecule has 0 saturated carbocycles. The second kappa shape index (κ2) is 8.27. The molecule has 0 fully saturated rings. The van der Waals surface area contributed by atoms with Gasteiger partial charge in [-0.2, -0.15) is 4.40 Å². The fourth-order valence-corrected chi connectivity index (χ4v) is 2.78. The fraction of sp³-hybridized carbons (Fsp3) is 0.316. The van der Waals surface area contributed by atoms with Crippen LogP contribution < -0.4 is 5.06 Å². The van der Waals surface area contributed by atoms with Gasteiger partial charge in [-0.15, -0.1) is 0 Å². The molecule has 6 heteroatoms. The van der Waals surface area contributed by atoms with Gasteiger partial charge in [-0.05, 0) is 38.5 Å². The van der Waals surface area contributed by atoms with Crippen LogP contribution in [0.5, 0.6) is 0 Å². The van der Waals surface area contributed by atoms with Crippen molar-refractivity contribution in [1.82, 2.24) is 0 Å². The highest BCUT2D eigenvalue weighted by molar-refractivity contribution is 7.85. The number of anilines is 1. The summed E-state index contributed by atoms with van der Waals surface area (Å²) >= 11 is 0. The lowest BCUT2D eigenvalue weighted by molar-refractivity contribution is 0.225. The number of hydroxylamine groups is 1. The first-order valence-electron chi connectivity index (χ1n) is 7.97. The van der Waals surface area contributed by atoms with Gasteiger partial charge in [-0.25, -0.2) is 9.27 Å². The zero-order valence-electron chi connectivity index (χ0n) is 14.9. The molecule has 0 spiro atoms. The summed E-state index contributed by atoms with van der Waals surface area (Å²) in [6.07, 6.45) is 0. The summed E-state index contributed by atoms with van der Waals surface area (Å²) < 4.78 is 21.6. The number of methoxy groups -OCH3 is 1. The van der Waals surface area contributed by atoms with Gasteiger partial charge in [-0.3, -0.25) is 5.21 Å². The van der Waals surface area contributed by atoms with Gasteiger partial charge in [0.2, 0.25) is 5.90 Å². The van der Waals surface area contributed by atoms with Crippen LogP contribution in [-0.4, -0.2) is 27.2 Å². The standard InChI is InChI=1S/C19H24N2O3S/c1-19(2,3)25(23)20-18(24-4)17(15-11-7-5-8-12-15)21(22)16-13-9-6-10-14-16/h5-14,17,22H,1-4H3/b20-18-/t17-,25?/m0/s1.